The number of piperidine rings is 1. The van der Waals surface area contributed by atoms with Crippen LogP contribution < -0.4 is 5.73 Å². The lowest BCUT2D eigenvalue weighted by Crippen LogP contribution is -2.50. The quantitative estimate of drug-likeness (QED) is 0.310. The number of carbonyl (C=O) groups is 1. The SMILES string of the molecule is COCCCC[C@@](O)(c1cccc(Cl)c1F)[C@@H]1CCCN(C(=O)CC[C@@H](N)[C@@H](O)C23CC4CC(CC2C4)C3)C1. The van der Waals surface area contributed by atoms with Crippen molar-refractivity contribution < 1.29 is 24.1 Å². The number of carbonyl (C=O) groups excluding carboxylic acids is 1. The fraction of sp³-hybridized carbons (Fsp3) is 0.774. The molecule has 6 atom stereocenters. The van der Waals surface area contributed by atoms with E-state index in [9.17, 15) is 15.0 Å². The topological polar surface area (TPSA) is 96.0 Å². The van der Waals surface area contributed by atoms with Crippen molar-refractivity contribution in [3.05, 3.63) is 34.6 Å². The molecule has 0 radical (unpaired) electrons. The van der Waals surface area contributed by atoms with Gasteiger partial charge in [0.05, 0.1) is 16.7 Å². The van der Waals surface area contributed by atoms with Crippen molar-refractivity contribution in [1.82, 2.24) is 4.90 Å². The summed E-state index contributed by atoms with van der Waals surface area (Å²) in [5.74, 6) is 1.17. The van der Waals surface area contributed by atoms with Crippen LogP contribution in [0.25, 0.3) is 0 Å². The van der Waals surface area contributed by atoms with Gasteiger partial charge < -0.3 is 25.6 Å². The second-order valence-corrected chi connectivity index (χ2v) is 13.5. The van der Waals surface area contributed by atoms with Crippen molar-refractivity contribution in [1.29, 1.82) is 0 Å². The summed E-state index contributed by atoms with van der Waals surface area (Å²) < 4.78 is 20.3. The van der Waals surface area contributed by atoms with Crippen LogP contribution >= 0.6 is 11.6 Å². The van der Waals surface area contributed by atoms with Gasteiger partial charge >= 0.3 is 0 Å². The number of aliphatic hydroxyl groups is 2. The minimum Gasteiger partial charge on any atom is -0.391 e. The summed E-state index contributed by atoms with van der Waals surface area (Å²) in [4.78, 5) is 15.2. The number of nitrogens with two attached hydrogens (primary N) is 1. The highest BCUT2D eigenvalue weighted by molar-refractivity contribution is 6.30. The Morgan fingerprint density at radius 2 is 2.03 bits per heavy atom. The van der Waals surface area contributed by atoms with E-state index in [0.717, 1.165) is 37.5 Å². The number of ether oxygens (including phenoxy) is 1. The molecule has 1 aromatic carbocycles. The Bertz CT molecular complexity index is 1010. The summed E-state index contributed by atoms with van der Waals surface area (Å²) in [6.07, 6.45) is 9.34. The van der Waals surface area contributed by atoms with Gasteiger partial charge in [0.2, 0.25) is 5.91 Å². The third-order valence-electron chi connectivity index (χ3n) is 10.8. The van der Waals surface area contributed by atoms with Crippen molar-refractivity contribution in [3.8, 4) is 0 Å². The molecule has 39 heavy (non-hydrogen) atoms. The van der Waals surface area contributed by atoms with E-state index >= 15 is 4.39 Å². The smallest absolute Gasteiger partial charge is 0.222 e. The Kier molecular flexibility index (Phi) is 8.95. The molecule has 1 aromatic rings. The number of likely N-dealkylation sites (tertiary alicyclic amines) is 1. The maximum absolute atomic E-state index is 15.2. The molecule has 2 unspecified atom stereocenters. The van der Waals surface area contributed by atoms with Gasteiger partial charge in [0.15, 0.2) is 0 Å². The van der Waals surface area contributed by atoms with Gasteiger partial charge in [0.1, 0.15) is 5.82 Å². The Morgan fingerprint density at radius 3 is 2.74 bits per heavy atom. The number of unbranched alkanes of at least 4 members (excludes halogenated alkanes) is 1. The summed E-state index contributed by atoms with van der Waals surface area (Å²) in [6, 6.07) is 4.36. The number of amides is 1. The van der Waals surface area contributed by atoms with Crippen molar-refractivity contribution in [2.75, 3.05) is 26.8 Å². The second-order valence-electron chi connectivity index (χ2n) is 13.1. The minimum atomic E-state index is -1.44. The van der Waals surface area contributed by atoms with Crippen LogP contribution in [0.3, 0.4) is 0 Å². The molecule has 1 heterocycles. The van der Waals surface area contributed by atoms with Crippen LogP contribution in [0.4, 0.5) is 4.39 Å². The molecule has 1 aliphatic heterocycles. The average Bonchev–Trinajstić information content (AvgIpc) is 3.34. The van der Waals surface area contributed by atoms with Gasteiger partial charge in [-0.3, -0.25) is 4.79 Å². The highest BCUT2D eigenvalue weighted by Gasteiger charge is 2.61. The third-order valence-corrected chi connectivity index (χ3v) is 11.1. The van der Waals surface area contributed by atoms with Crippen LogP contribution in [0.2, 0.25) is 5.02 Å². The number of hydrogen-bond acceptors (Lipinski definition) is 5. The Hall–Kier alpha value is -1.25. The fourth-order valence-electron chi connectivity index (χ4n) is 9.01. The standard InChI is InChI=1S/C31H46ClFN2O4/c1-39-13-3-2-11-31(38,24-7-4-8-25(32)28(24)33)22-6-5-12-35(19-22)27(36)10-9-26(34)29(37)30-17-20-14-21(18-30)16-23(30)15-20/h4,7-8,20-23,26,29,37-38H,2-3,5-6,9-19,34H2,1H3/t20?,21?,22-,23?,26-,29-,30?,31+/m1/s1. The molecule has 4 saturated carbocycles. The second kappa shape index (κ2) is 11.9. The highest BCUT2D eigenvalue weighted by Crippen LogP contribution is 2.67. The van der Waals surface area contributed by atoms with E-state index in [4.69, 9.17) is 22.1 Å². The Morgan fingerprint density at radius 1 is 1.28 bits per heavy atom. The molecule has 1 amide bonds. The van der Waals surface area contributed by atoms with E-state index in [-0.39, 0.29) is 34.2 Å². The zero-order valence-electron chi connectivity index (χ0n) is 23.3. The lowest BCUT2D eigenvalue weighted by Gasteiger charge is -2.43. The van der Waals surface area contributed by atoms with Crippen LogP contribution in [0.5, 0.6) is 0 Å². The van der Waals surface area contributed by atoms with Crippen LogP contribution in [-0.2, 0) is 15.1 Å². The molecular weight excluding hydrogens is 519 g/mol. The van der Waals surface area contributed by atoms with Gasteiger partial charge in [0.25, 0.3) is 0 Å². The number of benzene rings is 1. The van der Waals surface area contributed by atoms with E-state index < -0.39 is 23.6 Å². The van der Waals surface area contributed by atoms with Gasteiger partial charge in [0, 0.05) is 56.2 Å². The van der Waals surface area contributed by atoms with Gasteiger partial charge in [-0.05, 0) is 94.4 Å². The van der Waals surface area contributed by atoms with E-state index in [1.54, 1.807) is 24.1 Å². The molecule has 0 aromatic heterocycles. The number of aliphatic hydroxyl groups excluding tert-OH is 1. The van der Waals surface area contributed by atoms with E-state index in [0.29, 0.717) is 51.3 Å². The van der Waals surface area contributed by atoms with Gasteiger partial charge in [-0.25, -0.2) is 4.39 Å². The largest absolute Gasteiger partial charge is 0.391 e. The molecule has 4 bridgehead atoms. The maximum atomic E-state index is 15.2. The molecule has 4 aliphatic carbocycles. The van der Waals surface area contributed by atoms with Crippen molar-refractivity contribution in [2.24, 2.45) is 34.8 Å². The molecule has 6 rings (SSSR count). The van der Waals surface area contributed by atoms with Gasteiger partial charge in [-0.1, -0.05) is 23.7 Å². The monoisotopic (exact) mass is 564 g/mol. The number of halogens is 2. The third kappa shape index (κ3) is 5.63. The van der Waals surface area contributed by atoms with Crippen molar-refractivity contribution in [3.63, 3.8) is 0 Å². The van der Waals surface area contributed by atoms with E-state index in [1.807, 2.05) is 0 Å². The molecule has 8 heteroatoms. The molecule has 218 valence electrons. The first-order valence-electron chi connectivity index (χ1n) is 15.0. The van der Waals surface area contributed by atoms with Crippen LogP contribution in [0.1, 0.15) is 82.6 Å². The van der Waals surface area contributed by atoms with Crippen molar-refractivity contribution >= 4 is 17.5 Å². The summed E-state index contributed by atoms with van der Waals surface area (Å²) >= 11 is 6.11. The predicted octanol–water partition coefficient (Wildman–Crippen LogP) is 5.02. The number of nitrogens with zero attached hydrogens (tertiary/aromatic N) is 1. The van der Waals surface area contributed by atoms with Crippen molar-refractivity contribution in [2.45, 2.75) is 94.8 Å². The van der Waals surface area contributed by atoms with Gasteiger partial charge in [-0.2, -0.15) is 0 Å². The first-order chi connectivity index (χ1) is 18.7. The maximum Gasteiger partial charge on any atom is 0.222 e. The van der Waals surface area contributed by atoms with E-state index in [1.165, 1.54) is 25.3 Å². The first kappa shape index (κ1) is 29.2. The lowest BCUT2D eigenvalue weighted by molar-refractivity contribution is -0.137. The average molecular weight is 565 g/mol. The number of methoxy groups -OCH3 is 1. The zero-order valence-corrected chi connectivity index (χ0v) is 24.1. The molecule has 4 N–H and O–H groups in total. The Balaban J connectivity index is 1.22. The molecule has 5 fully saturated rings. The normalized spacial score (nSPS) is 32.8. The summed E-state index contributed by atoms with van der Waals surface area (Å²) in [5, 5.41) is 23.3. The highest BCUT2D eigenvalue weighted by atomic mass is 35.5. The molecule has 1 saturated heterocycles. The molecule has 6 nitrogen and oxygen atoms in total. The van der Waals surface area contributed by atoms with Crippen LogP contribution in [0, 0.1) is 34.9 Å². The molecule has 0 spiro atoms. The lowest BCUT2D eigenvalue weighted by atomic mass is 9.69. The molecular formula is C31H46ClFN2O4. The summed E-state index contributed by atoms with van der Waals surface area (Å²) in [6.45, 7) is 1.54. The first-order valence-corrected chi connectivity index (χ1v) is 15.4. The summed E-state index contributed by atoms with van der Waals surface area (Å²) in [5.41, 5.74) is 5.28. The predicted molar refractivity (Wildman–Crippen MR) is 150 cm³/mol. The minimum absolute atomic E-state index is 0.00890. The molecule has 5 aliphatic rings. The van der Waals surface area contributed by atoms with Crippen LogP contribution in [0.15, 0.2) is 18.2 Å². The zero-order chi connectivity index (χ0) is 27.8. The van der Waals surface area contributed by atoms with Gasteiger partial charge in [-0.15, -0.1) is 0 Å². The number of rotatable bonds is 12. The number of hydrogen-bond donors (Lipinski definition) is 3. The summed E-state index contributed by atoms with van der Waals surface area (Å²) in [7, 11) is 1.64. The fourth-order valence-corrected chi connectivity index (χ4v) is 9.18. The Labute approximate surface area is 237 Å². The van der Waals surface area contributed by atoms with E-state index in [2.05, 4.69) is 0 Å². The van der Waals surface area contributed by atoms with Crippen LogP contribution in [-0.4, -0.2) is 60.0 Å².